The van der Waals surface area contributed by atoms with Crippen LogP contribution in [0, 0.1) is 18.8 Å². The lowest BCUT2D eigenvalue weighted by Crippen LogP contribution is -2.20. The highest BCUT2D eigenvalue weighted by Gasteiger charge is 2.21. The van der Waals surface area contributed by atoms with Gasteiger partial charge in [0.05, 0.1) is 6.61 Å². The molecule has 0 radical (unpaired) electrons. The third-order valence-electron chi connectivity index (χ3n) is 7.33. The van der Waals surface area contributed by atoms with Crippen LogP contribution >= 0.6 is 0 Å². The molecule has 0 N–H and O–H groups in total. The normalized spacial score (nSPS) is 18.4. The van der Waals surface area contributed by atoms with E-state index in [0.717, 1.165) is 42.5 Å². The molecule has 1 aromatic heterocycles. The van der Waals surface area contributed by atoms with E-state index in [2.05, 4.69) is 48.9 Å². The zero-order valence-corrected chi connectivity index (χ0v) is 21.5. The van der Waals surface area contributed by atoms with Gasteiger partial charge in [0.1, 0.15) is 5.75 Å². The van der Waals surface area contributed by atoms with Gasteiger partial charge in [0.15, 0.2) is 5.82 Å². The molecule has 0 saturated heterocycles. The number of hydrogen-bond acceptors (Lipinski definition) is 3. The highest BCUT2D eigenvalue weighted by atomic mass is 16.5. The summed E-state index contributed by atoms with van der Waals surface area (Å²) in [4.78, 5) is 9.11. The van der Waals surface area contributed by atoms with Crippen molar-refractivity contribution in [1.82, 2.24) is 9.97 Å². The van der Waals surface area contributed by atoms with Gasteiger partial charge < -0.3 is 4.74 Å². The highest BCUT2D eigenvalue weighted by molar-refractivity contribution is 5.58. The van der Waals surface area contributed by atoms with Gasteiger partial charge in [-0.15, -0.1) is 0 Å². The summed E-state index contributed by atoms with van der Waals surface area (Å²) in [5, 5.41) is 0. The maximum atomic E-state index is 6.26. The Hall–Kier alpha value is -1.90. The number of aryl methyl sites for hydroxylation is 2. The van der Waals surface area contributed by atoms with Crippen LogP contribution in [-0.2, 0) is 6.42 Å². The Morgan fingerprint density at radius 3 is 2.15 bits per heavy atom. The molecule has 0 atom stereocenters. The third kappa shape index (κ3) is 8.76. The molecule has 1 fully saturated rings. The largest absolute Gasteiger partial charge is 0.493 e. The molecule has 0 unspecified atom stereocenters. The van der Waals surface area contributed by atoms with Crippen LogP contribution in [0.25, 0.3) is 11.4 Å². The van der Waals surface area contributed by atoms with Crippen molar-refractivity contribution in [2.75, 3.05) is 6.61 Å². The van der Waals surface area contributed by atoms with E-state index in [1.54, 1.807) is 0 Å². The van der Waals surface area contributed by atoms with Gasteiger partial charge in [-0.25, -0.2) is 9.97 Å². The van der Waals surface area contributed by atoms with Gasteiger partial charge in [-0.05, 0) is 67.3 Å². The summed E-state index contributed by atoms with van der Waals surface area (Å²) in [5.74, 6) is 3.47. The topological polar surface area (TPSA) is 35.0 Å². The van der Waals surface area contributed by atoms with E-state index in [-0.39, 0.29) is 0 Å². The zero-order valence-electron chi connectivity index (χ0n) is 21.5. The fraction of sp³-hybridized carbons (Fsp3) is 0.667. The number of nitrogens with zero attached hydrogens (tertiary/aromatic N) is 2. The molecule has 2 aromatic rings. The van der Waals surface area contributed by atoms with E-state index in [1.165, 1.54) is 88.2 Å². The minimum Gasteiger partial charge on any atom is -0.493 e. The van der Waals surface area contributed by atoms with Crippen LogP contribution in [0.1, 0.15) is 108 Å². The maximum Gasteiger partial charge on any atom is 0.159 e. The first-order valence-electron chi connectivity index (χ1n) is 13.7. The van der Waals surface area contributed by atoms with Crippen LogP contribution in [0.5, 0.6) is 5.75 Å². The molecular formula is C30H46N2O. The average Bonchev–Trinajstić information content (AvgIpc) is 2.84. The van der Waals surface area contributed by atoms with Crippen LogP contribution < -0.4 is 4.74 Å². The average molecular weight is 451 g/mol. The fourth-order valence-corrected chi connectivity index (χ4v) is 5.16. The van der Waals surface area contributed by atoms with Gasteiger partial charge >= 0.3 is 0 Å². The molecule has 3 nitrogen and oxygen atoms in total. The van der Waals surface area contributed by atoms with Gasteiger partial charge in [0.2, 0.25) is 0 Å². The molecule has 182 valence electrons. The van der Waals surface area contributed by atoms with Crippen molar-refractivity contribution >= 4 is 0 Å². The van der Waals surface area contributed by atoms with Gasteiger partial charge in [0, 0.05) is 18.0 Å². The van der Waals surface area contributed by atoms with Gasteiger partial charge in [-0.2, -0.15) is 0 Å². The third-order valence-corrected chi connectivity index (χ3v) is 7.33. The lowest BCUT2D eigenvalue weighted by Gasteiger charge is -2.28. The molecule has 1 heterocycles. The molecule has 1 aliphatic carbocycles. The Morgan fingerprint density at radius 2 is 1.48 bits per heavy atom. The second-order valence-electron chi connectivity index (χ2n) is 10.3. The summed E-state index contributed by atoms with van der Waals surface area (Å²) in [6.45, 7) is 7.46. The first kappa shape index (κ1) is 25.7. The first-order chi connectivity index (χ1) is 16.2. The lowest BCUT2D eigenvalue weighted by atomic mass is 9.80. The maximum absolute atomic E-state index is 6.26. The van der Waals surface area contributed by atoms with Crippen molar-refractivity contribution < 1.29 is 4.74 Å². The lowest BCUT2D eigenvalue weighted by molar-refractivity contribution is 0.177. The number of aromatic nitrogens is 2. The molecule has 3 rings (SSSR count). The van der Waals surface area contributed by atoms with Gasteiger partial charge in [0.25, 0.3) is 0 Å². The smallest absolute Gasteiger partial charge is 0.159 e. The van der Waals surface area contributed by atoms with E-state index in [4.69, 9.17) is 4.74 Å². The van der Waals surface area contributed by atoms with Crippen molar-refractivity contribution in [3.05, 3.63) is 41.7 Å². The molecule has 0 bridgehead atoms. The van der Waals surface area contributed by atoms with Crippen LogP contribution in [-0.4, -0.2) is 16.6 Å². The minimum absolute atomic E-state index is 0.712. The van der Waals surface area contributed by atoms with E-state index in [9.17, 15) is 0 Å². The molecule has 1 aromatic carbocycles. The molecule has 33 heavy (non-hydrogen) atoms. The standard InChI is InChI=1S/C30H46N2O/c1-4-6-7-8-9-10-11-13-25-14-16-26(17-15-25)23-33-29-19-18-28(20-24(29)3)30-31-21-27(12-5-2)22-32-30/h18-22,25-26H,4-17,23H2,1-3H3. The minimum atomic E-state index is 0.712. The summed E-state index contributed by atoms with van der Waals surface area (Å²) < 4.78 is 6.26. The van der Waals surface area contributed by atoms with Crippen molar-refractivity contribution in [1.29, 1.82) is 0 Å². The Balaban J connectivity index is 1.36. The molecular weight excluding hydrogens is 404 g/mol. The van der Waals surface area contributed by atoms with E-state index < -0.39 is 0 Å². The molecule has 0 spiro atoms. The monoisotopic (exact) mass is 450 g/mol. The van der Waals surface area contributed by atoms with Crippen LogP contribution in [0.15, 0.2) is 30.6 Å². The molecule has 3 heteroatoms. The number of hydrogen-bond donors (Lipinski definition) is 0. The Bertz CT molecular complexity index is 793. The van der Waals surface area contributed by atoms with Gasteiger partial charge in [-0.3, -0.25) is 0 Å². The number of unbranched alkanes of at least 4 members (excludes halogenated alkanes) is 6. The van der Waals surface area contributed by atoms with E-state index in [1.807, 2.05) is 12.4 Å². The second kappa shape index (κ2) is 14.4. The SMILES string of the molecule is CCCCCCCCCC1CCC(COc2ccc(-c3ncc(CCC)cn3)cc2C)CC1. The summed E-state index contributed by atoms with van der Waals surface area (Å²) in [6.07, 6.45) is 22.9. The molecule has 1 saturated carbocycles. The van der Waals surface area contributed by atoms with Crippen molar-refractivity contribution in [3.8, 4) is 17.1 Å². The molecule has 0 aliphatic heterocycles. The van der Waals surface area contributed by atoms with Gasteiger partial charge in [-0.1, -0.05) is 84.5 Å². The quantitative estimate of drug-likeness (QED) is 0.270. The van der Waals surface area contributed by atoms with Crippen molar-refractivity contribution in [2.24, 2.45) is 11.8 Å². The summed E-state index contributed by atoms with van der Waals surface area (Å²) in [7, 11) is 0. The summed E-state index contributed by atoms with van der Waals surface area (Å²) in [5.41, 5.74) is 3.44. The second-order valence-corrected chi connectivity index (χ2v) is 10.3. The Morgan fingerprint density at radius 1 is 0.818 bits per heavy atom. The first-order valence-corrected chi connectivity index (χ1v) is 13.7. The highest BCUT2D eigenvalue weighted by Crippen LogP contribution is 2.33. The van der Waals surface area contributed by atoms with Crippen LogP contribution in [0.3, 0.4) is 0 Å². The summed E-state index contributed by atoms with van der Waals surface area (Å²) >= 11 is 0. The van der Waals surface area contributed by atoms with Crippen LogP contribution in [0.2, 0.25) is 0 Å². The van der Waals surface area contributed by atoms with Crippen molar-refractivity contribution in [3.63, 3.8) is 0 Å². The Kier molecular flexibility index (Phi) is 11.2. The summed E-state index contributed by atoms with van der Waals surface area (Å²) in [6, 6.07) is 6.35. The number of benzene rings is 1. The van der Waals surface area contributed by atoms with Crippen molar-refractivity contribution in [2.45, 2.75) is 111 Å². The van der Waals surface area contributed by atoms with Crippen LogP contribution in [0.4, 0.5) is 0 Å². The number of ether oxygens (including phenoxy) is 1. The van der Waals surface area contributed by atoms with E-state index >= 15 is 0 Å². The Labute approximate surface area is 202 Å². The fourth-order valence-electron chi connectivity index (χ4n) is 5.16. The molecule has 0 amide bonds. The zero-order chi connectivity index (χ0) is 23.3. The van der Waals surface area contributed by atoms with E-state index in [0.29, 0.717) is 5.92 Å². The molecule has 1 aliphatic rings. The predicted octanol–water partition coefficient (Wildman–Crippen LogP) is 8.73. The number of rotatable bonds is 14. The predicted molar refractivity (Wildman–Crippen MR) is 140 cm³/mol.